The summed E-state index contributed by atoms with van der Waals surface area (Å²) < 4.78 is 11.3. The Bertz CT molecular complexity index is 319. The molecule has 0 radical (unpaired) electrons. The summed E-state index contributed by atoms with van der Waals surface area (Å²) in [6.07, 6.45) is 6.28. The lowest BCUT2D eigenvalue weighted by atomic mass is 9.93. The minimum atomic E-state index is 0.416. The Morgan fingerprint density at radius 3 is 2.30 bits per heavy atom. The molecule has 0 aliphatic rings. The molecule has 0 spiro atoms. The normalized spacial score (nSPS) is 12.8. The molecule has 0 aliphatic heterocycles. The minimum absolute atomic E-state index is 0.416. The highest BCUT2D eigenvalue weighted by Gasteiger charge is 2.16. The summed E-state index contributed by atoms with van der Waals surface area (Å²) in [5.74, 6) is 0.699. The van der Waals surface area contributed by atoms with Crippen molar-refractivity contribution in [2.45, 2.75) is 58.7 Å². The molecule has 1 unspecified atom stereocenters. The second-order valence-corrected chi connectivity index (χ2v) is 5.38. The van der Waals surface area contributed by atoms with Crippen molar-refractivity contribution in [3.8, 4) is 0 Å². The topological polar surface area (TPSA) is 18.5 Å². The van der Waals surface area contributed by atoms with Crippen molar-refractivity contribution in [3.63, 3.8) is 0 Å². The van der Waals surface area contributed by atoms with Crippen LogP contribution >= 0.6 is 0 Å². The first-order valence-corrected chi connectivity index (χ1v) is 7.96. The fourth-order valence-corrected chi connectivity index (χ4v) is 2.67. The molecule has 1 rings (SSSR count). The molecule has 114 valence electrons. The maximum atomic E-state index is 5.71. The van der Waals surface area contributed by atoms with Gasteiger partial charge in [-0.25, -0.2) is 0 Å². The molecule has 0 saturated carbocycles. The molecule has 1 aromatic rings. The Balaban J connectivity index is 2.09. The summed E-state index contributed by atoms with van der Waals surface area (Å²) in [4.78, 5) is 0. The van der Waals surface area contributed by atoms with Crippen molar-refractivity contribution in [1.29, 1.82) is 0 Å². The van der Waals surface area contributed by atoms with Crippen LogP contribution in [-0.2, 0) is 16.1 Å². The third-order valence-corrected chi connectivity index (χ3v) is 4.02. The van der Waals surface area contributed by atoms with Crippen LogP contribution in [0.5, 0.6) is 0 Å². The van der Waals surface area contributed by atoms with Crippen LogP contribution in [0.2, 0.25) is 0 Å². The molecule has 0 heterocycles. The predicted molar refractivity (Wildman–Crippen MR) is 84.8 cm³/mol. The number of rotatable bonds is 11. The Morgan fingerprint density at radius 1 is 1.00 bits per heavy atom. The van der Waals surface area contributed by atoms with E-state index in [1.165, 1.54) is 24.8 Å². The maximum Gasteiger partial charge on any atom is 0.0716 e. The third kappa shape index (κ3) is 6.53. The van der Waals surface area contributed by atoms with E-state index >= 15 is 0 Å². The monoisotopic (exact) mass is 278 g/mol. The van der Waals surface area contributed by atoms with Crippen molar-refractivity contribution in [2.24, 2.45) is 5.92 Å². The number of hydrogen-bond acceptors (Lipinski definition) is 2. The summed E-state index contributed by atoms with van der Waals surface area (Å²) in [6, 6.07) is 10.4. The van der Waals surface area contributed by atoms with Gasteiger partial charge in [-0.1, -0.05) is 57.0 Å². The first-order valence-electron chi connectivity index (χ1n) is 7.96. The van der Waals surface area contributed by atoms with Crippen molar-refractivity contribution >= 4 is 0 Å². The van der Waals surface area contributed by atoms with Gasteiger partial charge < -0.3 is 9.47 Å². The Labute approximate surface area is 124 Å². The van der Waals surface area contributed by atoms with E-state index in [2.05, 4.69) is 38.1 Å². The first kappa shape index (κ1) is 17.2. The summed E-state index contributed by atoms with van der Waals surface area (Å²) >= 11 is 0. The van der Waals surface area contributed by atoms with Crippen LogP contribution in [0.25, 0.3) is 0 Å². The summed E-state index contributed by atoms with van der Waals surface area (Å²) in [7, 11) is 1.84. The zero-order chi connectivity index (χ0) is 14.6. The zero-order valence-corrected chi connectivity index (χ0v) is 13.3. The molecule has 0 bridgehead atoms. The van der Waals surface area contributed by atoms with Crippen molar-refractivity contribution < 1.29 is 9.47 Å². The van der Waals surface area contributed by atoms with Gasteiger partial charge in [0.05, 0.1) is 12.7 Å². The van der Waals surface area contributed by atoms with Crippen LogP contribution in [0.3, 0.4) is 0 Å². The number of ether oxygens (including phenoxy) is 2. The van der Waals surface area contributed by atoms with E-state index < -0.39 is 0 Å². The fourth-order valence-electron chi connectivity index (χ4n) is 2.67. The summed E-state index contributed by atoms with van der Waals surface area (Å²) in [6.45, 7) is 6.07. The van der Waals surface area contributed by atoms with Gasteiger partial charge in [-0.05, 0) is 30.7 Å². The van der Waals surface area contributed by atoms with Gasteiger partial charge in [0.2, 0.25) is 0 Å². The first-order chi connectivity index (χ1) is 9.81. The van der Waals surface area contributed by atoms with E-state index in [0.717, 1.165) is 26.1 Å². The van der Waals surface area contributed by atoms with E-state index in [0.29, 0.717) is 12.0 Å². The average molecular weight is 278 g/mol. The highest BCUT2D eigenvalue weighted by Crippen LogP contribution is 2.20. The second kappa shape index (κ2) is 10.9. The van der Waals surface area contributed by atoms with Gasteiger partial charge in [0.15, 0.2) is 0 Å². The lowest BCUT2D eigenvalue weighted by Gasteiger charge is -2.23. The quantitative estimate of drug-likeness (QED) is 0.540. The van der Waals surface area contributed by atoms with Crippen molar-refractivity contribution in [3.05, 3.63) is 35.9 Å². The molecule has 1 atom stereocenters. The molecule has 1 aromatic carbocycles. The molecular weight excluding hydrogens is 248 g/mol. The van der Waals surface area contributed by atoms with Crippen LogP contribution in [0.1, 0.15) is 51.5 Å². The molecule has 2 heteroatoms. The number of methoxy groups -OCH3 is 1. The second-order valence-electron chi connectivity index (χ2n) is 5.38. The van der Waals surface area contributed by atoms with Gasteiger partial charge in [-0.15, -0.1) is 0 Å². The van der Waals surface area contributed by atoms with Gasteiger partial charge in [0.25, 0.3) is 0 Å². The molecule has 0 fully saturated rings. The highest BCUT2D eigenvalue weighted by atomic mass is 16.5. The number of benzene rings is 1. The van der Waals surface area contributed by atoms with E-state index in [1.807, 2.05) is 13.2 Å². The molecule has 0 amide bonds. The standard InChI is InChI=1S/C18H30O2/c1-4-17(5-2)18(19-3)13-9-10-14-20-15-16-11-7-6-8-12-16/h6-8,11-12,17-18H,4-5,9-10,13-15H2,1-3H3. The largest absolute Gasteiger partial charge is 0.381 e. The molecule has 2 nitrogen and oxygen atoms in total. The van der Waals surface area contributed by atoms with E-state index in [1.54, 1.807) is 0 Å². The lowest BCUT2D eigenvalue weighted by Crippen LogP contribution is -2.21. The number of hydrogen-bond donors (Lipinski definition) is 0. The minimum Gasteiger partial charge on any atom is -0.381 e. The third-order valence-electron chi connectivity index (χ3n) is 4.02. The summed E-state index contributed by atoms with van der Waals surface area (Å²) in [5, 5.41) is 0. The van der Waals surface area contributed by atoms with E-state index in [9.17, 15) is 0 Å². The Kier molecular flexibility index (Phi) is 9.35. The van der Waals surface area contributed by atoms with Gasteiger partial charge in [0.1, 0.15) is 0 Å². The van der Waals surface area contributed by atoms with Gasteiger partial charge >= 0.3 is 0 Å². The van der Waals surface area contributed by atoms with Gasteiger partial charge in [-0.3, -0.25) is 0 Å². The SMILES string of the molecule is CCC(CC)C(CCCCOCc1ccccc1)OC. The van der Waals surface area contributed by atoms with E-state index in [-0.39, 0.29) is 0 Å². The molecule has 0 saturated heterocycles. The molecule has 0 aromatic heterocycles. The molecular formula is C18H30O2. The lowest BCUT2D eigenvalue weighted by molar-refractivity contribution is 0.0371. The van der Waals surface area contributed by atoms with Crippen LogP contribution < -0.4 is 0 Å². The van der Waals surface area contributed by atoms with Crippen LogP contribution in [-0.4, -0.2) is 19.8 Å². The van der Waals surface area contributed by atoms with Crippen molar-refractivity contribution in [2.75, 3.05) is 13.7 Å². The van der Waals surface area contributed by atoms with Gasteiger partial charge in [0, 0.05) is 13.7 Å². The Morgan fingerprint density at radius 2 is 1.70 bits per heavy atom. The van der Waals surface area contributed by atoms with Gasteiger partial charge in [-0.2, -0.15) is 0 Å². The number of unbranched alkanes of at least 4 members (excludes halogenated alkanes) is 1. The molecule has 0 N–H and O–H groups in total. The van der Waals surface area contributed by atoms with E-state index in [4.69, 9.17) is 9.47 Å². The average Bonchev–Trinajstić information content (AvgIpc) is 2.50. The zero-order valence-electron chi connectivity index (χ0n) is 13.3. The van der Waals surface area contributed by atoms with Crippen molar-refractivity contribution in [1.82, 2.24) is 0 Å². The van der Waals surface area contributed by atoms with Crippen LogP contribution in [0.15, 0.2) is 30.3 Å². The highest BCUT2D eigenvalue weighted by molar-refractivity contribution is 5.13. The van der Waals surface area contributed by atoms with Crippen LogP contribution in [0.4, 0.5) is 0 Å². The maximum absolute atomic E-state index is 5.71. The summed E-state index contributed by atoms with van der Waals surface area (Å²) in [5.41, 5.74) is 1.25. The van der Waals surface area contributed by atoms with Crippen LogP contribution in [0, 0.1) is 5.92 Å². The smallest absolute Gasteiger partial charge is 0.0716 e. The Hall–Kier alpha value is -0.860. The molecule has 20 heavy (non-hydrogen) atoms. The molecule has 0 aliphatic carbocycles. The predicted octanol–water partition coefficient (Wildman–Crippen LogP) is 4.82. The fraction of sp³-hybridized carbons (Fsp3) is 0.667.